The van der Waals surface area contributed by atoms with E-state index >= 15 is 0 Å². The van der Waals surface area contributed by atoms with Gasteiger partial charge in [0.15, 0.2) is 0 Å². The van der Waals surface area contributed by atoms with Gasteiger partial charge in [-0.15, -0.1) is 0 Å². The number of nitrogens with zero attached hydrogens (tertiary/aromatic N) is 1. The first kappa shape index (κ1) is 24.6. The maximum absolute atomic E-state index is 14.0. The van der Waals surface area contributed by atoms with Crippen LogP contribution in [0.1, 0.15) is 48.6 Å². The number of carbonyl (C=O) groups is 1. The van der Waals surface area contributed by atoms with Crippen molar-refractivity contribution in [3.05, 3.63) is 89.7 Å². The minimum absolute atomic E-state index is 0.0574. The van der Waals surface area contributed by atoms with Crippen molar-refractivity contribution in [3.8, 4) is 0 Å². The van der Waals surface area contributed by atoms with Gasteiger partial charge in [0.2, 0.25) is 5.76 Å². The molecule has 1 atom stereocenters. The number of halogens is 1. The third-order valence-electron chi connectivity index (χ3n) is 4.38. The summed E-state index contributed by atoms with van der Waals surface area (Å²) in [6.45, 7) is 7.55. The Morgan fingerprint density at radius 2 is 1.84 bits per heavy atom. The molecular formula is C25H28FN3O3. The average Bonchev–Trinajstić information content (AvgIpc) is 3.17. The van der Waals surface area contributed by atoms with E-state index in [4.69, 9.17) is 15.3 Å². The topological polar surface area (TPSA) is 101 Å². The molecule has 0 aliphatic carbocycles. The van der Waals surface area contributed by atoms with Crippen LogP contribution in [0.15, 0.2) is 71.4 Å². The van der Waals surface area contributed by atoms with Crippen LogP contribution in [0.25, 0.3) is 11.0 Å². The lowest BCUT2D eigenvalue weighted by atomic mass is 10.1. The molecule has 1 unspecified atom stereocenters. The van der Waals surface area contributed by atoms with Crippen molar-refractivity contribution >= 4 is 28.3 Å². The fourth-order valence-electron chi connectivity index (χ4n) is 2.83. The van der Waals surface area contributed by atoms with E-state index in [-0.39, 0.29) is 17.6 Å². The standard InChI is InChI=1S/C15H12FN3O2.C8H10O.C2H6/c1-8-2-3-11(10(16)6-8)19-13-9-7-18-5-4-12(9)21-14(13)15(17)20;1-7(9)8-5-3-2-4-6-8;1-2/h2-7,19H,1H3,(H2,17,20);2-7,9H,1H3;1-2H3. The molecular weight excluding hydrogens is 409 g/mol. The summed E-state index contributed by atoms with van der Waals surface area (Å²) in [6.07, 6.45) is 2.72. The number of nitrogens with one attached hydrogen (secondary N) is 1. The highest BCUT2D eigenvalue weighted by Crippen LogP contribution is 2.33. The largest absolute Gasteiger partial charge is 0.448 e. The number of hydrogen-bond acceptors (Lipinski definition) is 5. The number of primary amides is 1. The summed E-state index contributed by atoms with van der Waals surface area (Å²) in [7, 11) is 0. The lowest BCUT2D eigenvalue weighted by molar-refractivity contribution is 0.0977. The summed E-state index contributed by atoms with van der Waals surface area (Å²) < 4.78 is 19.3. The van der Waals surface area contributed by atoms with Gasteiger partial charge in [-0.05, 0) is 43.2 Å². The Morgan fingerprint density at radius 3 is 2.41 bits per heavy atom. The summed E-state index contributed by atoms with van der Waals surface area (Å²) >= 11 is 0. The van der Waals surface area contributed by atoms with E-state index in [9.17, 15) is 9.18 Å². The molecule has 4 N–H and O–H groups in total. The number of aliphatic hydroxyl groups is 1. The molecule has 0 bridgehead atoms. The SMILES string of the molecule is CC.CC(O)c1ccccc1.Cc1ccc(Nc2c(C(N)=O)oc3ccncc23)c(F)c1. The number of hydrogen-bond donors (Lipinski definition) is 3. The van der Waals surface area contributed by atoms with Gasteiger partial charge in [0.1, 0.15) is 17.1 Å². The third kappa shape index (κ3) is 6.15. The number of rotatable bonds is 4. The number of amides is 1. The number of fused-ring (bicyclic) bond motifs is 1. The zero-order valence-corrected chi connectivity index (χ0v) is 18.6. The minimum atomic E-state index is -0.735. The number of pyridine rings is 1. The number of aliphatic hydroxyl groups excluding tert-OH is 1. The molecule has 2 aromatic carbocycles. The second-order valence-corrected chi connectivity index (χ2v) is 6.74. The number of nitrogens with two attached hydrogens (primary N) is 1. The van der Waals surface area contributed by atoms with Gasteiger partial charge in [-0.25, -0.2) is 4.39 Å². The van der Waals surface area contributed by atoms with Gasteiger partial charge in [-0.1, -0.05) is 50.2 Å². The Balaban J connectivity index is 0.000000277. The fraction of sp³-hybridized carbons (Fsp3) is 0.200. The van der Waals surface area contributed by atoms with Crippen molar-refractivity contribution in [2.45, 2.75) is 33.8 Å². The van der Waals surface area contributed by atoms with Gasteiger partial charge < -0.3 is 20.6 Å². The molecule has 2 heterocycles. The van der Waals surface area contributed by atoms with Crippen molar-refractivity contribution in [2.24, 2.45) is 5.73 Å². The maximum Gasteiger partial charge on any atom is 0.286 e. The van der Waals surface area contributed by atoms with Crippen LogP contribution >= 0.6 is 0 Å². The number of carbonyl (C=O) groups excluding carboxylic acids is 1. The minimum Gasteiger partial charge on any atom is -0.448 e. The Labute approximate surface area is 186 Å². The van der Waals surface area contributed by atoms with E-state index < -0.39 is 11.7 Å². The Morgan fingerprint density at radius 1 is 1.16 bits per heavy atom. The molecule has 2 aromatic heterocycles. The van der Waals surface area contributed by atoms with Gasteiger partial charge in [0, 0.05) is 12.4 Å². The molecule has 0 radical (unpaired) electrons. The van der Waals surface area contributed by atoms with Crippen molar-refractivity contribution in [1.29, 1.82) is 0 Å². The van der Waals surface area contributed by atoms with E-state index in [0.717, 1.165) is 11.1 Å². The Kier molecular flexibility index (Phi) is 8.92. The highest BCUT2D eigenvalue weighted by Gasteiger charge is 2.19. The van der Waals surface area contributed by atoms with Crippen molar-refractivity contribution in [2.75, 3.05) is 5.32 Å². The normalized spacial score (nSPS) is 10.9. The first-order valence-electron chi connectivity index (χ1n) is 10.3. The average molecular weight is 438 g/mol. The van der Waals surface area contributed by atoms with Crippen molar-refractivity contribution in [3.63, 3.8) is 0 Å². The smallest absolute Gasteiger partial charge is 0.286 e. The summed E-state index contributed by atoms with van der Waals surface area (Å²) in [4.78, 5) is 15.5. The molecule has 4 aromatic rings. The Hall–Kier alpha value is -3.71. The molecule has 0 saturated heterocycles. The molecule has 32 heavy (non-hydrogen) atoms. The molecule has 0 aliphatic rings. The van der Waals surface area contributed by atoms with Crippen molar-refractivity contribution < 1.29 is 18.7 Å². The van der Waals surface area contributed by atoms with Gasteiger partial charge >= 0.3 is 0 Å². The molecule has 1 amide bonds. The van der Waals surface area contributed by atoms with Crippen LogP contribution < -0.4 is 11.1 Å². The van der Waals surface area contributed by atoms with Gasteiger partial charge in [0.05, 0.1) is 17.2 Å². The number of furan rings is 1. The molecule has 0 spiro atoms. The summed E-state index contributed by atoms with van der Waals surface area (Å²) in [5.74, 6) is -1.22. The van der Waals surface area contributed by atoms with E-state index in [1.165, 1.54) is 18.5 Å². The van der Waals surface area contributed by atoms with E-state index in [1.807, 2.05) is 44.2 Å². The summed E-state index contributed by atoms with van der Waals surface area (Å²) in [5.41, 5.74) is 8.07. The van der Waals surface area contributed by atoms with Gasteiger partial charge in [-0.2, -0.15) is 0 Å². The van der Waals surface area contributed by atoms with Crippen LogP contribution in [0.2, 0.25) is 0 Å². The third-order valence-corrected chi connectivity index (χ3v) is 4.38. The highest BCUT2D eigenvalue weighted by atomic mass is 19.1. The number of aryl methyl sites for hydroxylation is 1. The summed E-state index contributed by atoms with van der Waals surface area (Å²) in [5, 5.41) is 12.4. The van der Waals surface area contributed by atoms with Crippen LogP contribution in [0.3, 0.4) is 0 Å². The quantitative estimate of drug-likeness (QED) is 0.370. The van der Waals surface area contributed by atoms with Crippen LogP contribution in [-0.2, 0) is 0 Å². The van der Waals surface area contributed by atoms with E-state index in [2.05, 4.69) is 10.3 Å². The first-order valence-corrected chi connectivity index (χ1v) is 10.3. The molecule has 4 rings (SSSR count). The zero-order valence-electron chi connectivity index (χ0n) is 18.6. The van der Waals surface area contributed by atoms with E-state index in [1.54, 1.807) is 32.0 Å². The zero-order chi connectivity index (χ0) is 23.7. The van der Waals surface area contributed by atoms with Crippen LogP contribution in [0.4, 0.5) is 15.8 Å². The number of anilines is 2. The highest BCUT2D eigenvalue weighted by molar-refractivity contribution is 6.06. The second-order valence-electron chi connectivity index (χ2n) is 6.74. The molecule has 0 fully saturated rings. The predicted molar refractivity (Wildman–Crippen MR) is 125 cm³/mol. The Bertz CT molecular complexity index is 1160. The number of benzene rings is 2. The second kappa shape index (κ2) is 11.6. The molecule has 0 saturated carbocycles. The number of aromatic nitrogens is 1. The van der Waals surface area contributed by atoms with Gasteiger partial charge in [0.25, 0.3) is 5.91 Å². The predicted octanol–water partition coefficient (Wildman–Crippen LogP) is 5.88. The van der Waals surface area contributed by atoms with Crippen LogP contribution in [0.5, 0.6) is 0 Å². The molecule has 6 nitrogen and oxygen atoms in total. The van der Waals surface area contributed by atoms with Crippen molar-refractivity contribution in [1.82, 2.24) is 4.98 Å². The van der Waals surface area contributed by atoms with Crippen LogP contribution in [0, 0.1) is 12.7 Å². The first-order chi connectivity index (χ1) is 15.4. The molecule has 0 aliphatic heterocycles. The lowest BCUT2D eigenvalue weighted by Gasteiger charge is -2.07. The van der Waals surface area contributed by atoms with Crippen LogP contribution in [-0.4, -0.2) is 16.0 Å². The monoisotopic (exact) mass is 437 g/mol. The van der Waals surface area contributed by atoms with E-state index in [0.29, 0.717) is 16.7 Å². The fourth-order valence-corrected chi connectivity index (χ4v) is 2.83. The summed E-state index contributed by atoms with van der Waals surface area (Å²) in [6, 6.07) is 15.9. The lowest BCUT2D eigenvalue weighted by Crippen LogP contribution is -2.11. The molecule has 7 heteroatoms. The van der Waals surface area contributed by atoms with Gasteiger partial charge in [-0.3, -0.25) is 9.78 Å². The maximum atomic E-state index is 14.0. The molecule has 168 valence electrons.